The van der Waals surface area contributed by atoms with E-state index in [9.17, 15) is 4.79 Å². The minimum absolute atomic E-state index is 0.387. The second-order valence-corrected chi connectivity index (χ2v) is 7.60. The lowest BCUT2D eigenvalue weighted by Crippen LogP contribution is -2.57. The molecule has 1 saturated heterocycles. The van der Waals surface area contributed by atoms with Gasteiger partial charge in [0.15, 0.2) is 0 Å². The Morgan fingerprint density at radius 2 is 1.68 bits per heavy atom. The second kappa shape index (κ2) is 4.47. The summed E-state index contributed by atoms with van der Waals surface area (Å²) in [4.78, 5) is 15.1. The van der Waals surface area contributed by atoms with E-state index in [4.69, 9.17) is 0 Å². The highest BCUT2D eigenvalue weighted by atomic mass is 16.2. The zero-order valence-electron chi connectivity index (χ0n) is 12.0. The zero-order chi connectivity index (χ0) is 13.0. The van der Waals surface area contributed by atoms with Crippen molar-refractivity contribution in [3.05, 3.63) is 0 Å². The predicted molar refractivity (Wildman–Crippen MR) is 74.6 cm³/mol. The molecule has 19 heavy (non-hydrogen) atoms. The van der Waals surface area contributed by atoms with E-state index in [1.807, 2.05) is 0 Å². The summed E-state index contributed by atoms with van der Waals surface area (Å²) >= 11 is 0. The van der Waals surface area contributed by atoms with Gasteiger partial charge in [0.2, 0.25) is 5.91 Å². The fourth-order valence-electron chi connectivity index (χ4n) is 5.67. The van der Waals surface area contributed by atoms with Crippen molar-refractivity contribution in [2.24, 2.45) is 29.6 Å². The number of amides is 1. The Bertz CT molecular complexity index is 353. The molecule has 3 nitrogen and oxygen atoms in total. The molecule has 0 radical (unpaired) electrons. The number of piperazine rings is 1. The van der Waals surface area contributed by atoms with Crippen LogP contribution in [0.2, 0.25) is 0 Å². The summed E-state index contributed by atoms with van der Waals surface area (Å²) in [5.41, 5.74) is 0. The van der Waals surface area contributed by atoms with E-state index in [1.54, 1.807) is 0 Å². The molecule has 4 aliphatic carbocycles. The van der Waals surface area contributed by atoms with Crippen LogP contribution in [-0.2, 0) is 4.79 Å². The monoisotopic (exact) mass is 262 g/mol. The van der Waals surface area contributed by atoms with Gasteiger partial charge >= 0.3 is 0 Å². The average Bonchev–Trinajstić information content (AvgIpc) is 2.37. The van der Waals surface area contributed by atoms with Crippen LogP contribution in [0.3, 0.4) is 0 Å². The van der Waals surface area contributed by atoms with Crippen LogP contribution in [0.4, 0.5) is 0 Å². The standard InChI is InChI=1S/C16H26N2O/c1-10-9-18(3-2-17-10)16(19)15-13-5-11-4-12(7-13)8-14(15)6-11/h10-15,17H,2-9H2,1H3/t10-,11?,12?,13?,14?,15?/m1/s1. The summed E-state index contributed by atoms with van der Waals surface area (Å²) < 4.78 is 0. The normalized spacial score (nSPS) is 48.6. The van der Waals surface area contributed by atoms with Crippen molar-refractivity contribution in [2.75, 3.05) is 19.6 Å². The first-order valence-electron chi connectivity index (χ1n) is 8.23. The van der Waals surface area contributed by atoms with Crippen LogP contribution in [-0.4, -0.2) is 36.5 Å². The maximum Gasteiger partial charge on any atom is 0.226 e. The largest absolute Gasteiger partial charge is 0.340 e. The van der Waals surface area contributed by atoms with Crippen molar-refractivity contribution in [3.63, 3.8) is 0 Å². The Morgan fingerprint density at radius 3 is 2.26 bits per heavy atom. The van der Waals surface area contributed by atoms with Gasteiger partial charge in [-0.05, 0) is 62.7 Å². The molecule has 1 atom stereocenters. The molecule has 1 N–H and O–H groups in total. The van der Waals surface area contributed by atoms with Crippen LogP contribution < -0.4 is 5.32 Å². The summed E-state index contributed by atoms with van der Waals surface area (Å²) in [6, 6.07) is 0.467. The van der Waals surface area contributed by atoms with Gasteiger partial charge in [0, 0.05) is 31.6 Å². The average molecular weight is 262 g/mol. The fourth-order valence-corrected chi connectivity index (χ4v) is 5.67. The van der Waals surface area contributed by atoms with Crippen molar-refractivity contribution in [1.29, 1.82) is 0 Å². The summed E-state index contributed by atoms with van der Waals surface area (Å²) in [6.45, 7) is 5.00. The number of carbonyl (C=O) groups is 1. The van der Waals surface area contributed by atoms with Gasteiger partial charge in [-0.3, -0.25) is 4.79 Å². The van der Waals surface area contributed by atoms with Gasteiger partial charge in [0.05, 0.1) is 0 Å². The van der Waals surface area contributed by atoms with E-state index in [0.717, 1.165) is 43.3 Å². The predicted octanol–water partition coefficient (Wildman–Crippen LogP) is 1.88. The molecular formula is C16H26N2O. The Labute approximate surface area is 116 Å². The third-order valence-corrected chi connectivity index (χ3v) is 6.19. The summed E-state index contributed by atoms with van der Waals surface area (Å²) in [5.74, 6) is 4.28. The molecule has 5 rings (SSSR count). The van der Waals surface area contributed by atoms with E-state index in [2.05, 4.69) is 17.1 Å². The number of hydrogen-bond donors (Lipinski definition) is 1. The molecule has 4 saturated carbocycles. The van der Waals surface area contributed by atoms with Gasteiger partial charge < -0.3 is 10.2 Å². The molecule has 1 heterocycles. The number of carbonyl (C=O) groups excluding carboxylic acids is 1. The third kappa shape index (κ3) is 2.01. The molecule has 0 unspecified atom stereocenters. The van der Waals surface area contributed by atoms with E-state index in [-0.39, 0.29) is 0 Å². The van der Waals surface area contributed by atoms with Crippen molar-refractivity contribution < 1.29 is 4.79 Å². The van der Waals surface area contributed by atoms with Crippen LogP contribution in [0.1, 0.15) is 39.0 Å². The number of nitrogens with zero attached hydrogens (tertiary/aromatic N) is 1. The van der Waals surface area contributed by atoms with E-state index < -0.39 is 0 Å². The SMILES string of the molecule is C[C@@H]1CN(C(=O)C2C3CC4CC(C3)CC2C4)CCN1. The Morgan fingerprint density at radius 1 is 1.05 bits per heavy atom. The van der Waals surface area contributed by atoms with Gasteiger partial charge in [-0.15, -0.1) is 0 Å². The van der Waals surface area contributed by atoms with Crippen LogP contribution in [0.15, 0.2) is 0 Å². The molecule has 1 aliphatic heterocycles. The van der Waals surface area contributed by atoms with Crippen LogP contribution in [0.5, 0.6) is 0 Å². The van der Waals surface area contributed by atoms with E-state index in [0.29, 0.717) is 17.9 Å². The van der Waals surface area contributed by atoms with Crippen molar-refractivity contribution in [1.82, 2.24) is 10.2 Å². The summed E-state index contributed by atoms with van der Waals surface area (Å²) in [5, 5.41) is 3.44. The lowest BCUT2D eigenvalue weighted by Gasteiger charge is -2.54. The van der Waals surface area contributed by atoms with Crippen molar-refractivity contribution >= 4 is 5.91 Å². The van der Waals surface area contributed by atoms with Gasteiger partial charge in [-0.25, -0.2) is 0 Å². The molecule has 0 spiro atoms. The first kappa shape index (κ1) is 12.2. The van der Waals surface area contributed by atoms with Crippen LogP contribution in [0, 0.1) is 29.6 Å². The van der Waals surface area contributed by atoms with E-state index >= 15 is 0 Å². The summed E-state index contributed by atoms with van der Waals surface area (Å²) in [7, 11) is 0. The lowest BCUT2D eigenvalue weighted by atomic mass is 9.51. The number of rotatable bonds is 1. The van der Waals surface area contributed by atoms with Gasteiger partial charge in [0.1, 0.15) is 0 Å². The minimum atomic E-state index is 0.387. The lowest BCUT2D eigenvalue weighted by molar-refractivity contribution is -0.150. The first-order valence-corrected chi connectivity index (χ1v) is 8.23. The smallest absolute Gasteiger partial charge is 0.226 e. The molecule has 5 fully saturated rings. The first-order chi connectivity index (χ1) is 9.20. The van der Waals surface area contributed by atoms with Crippen molar-refractivity contribution in [2.45, 2.75) is 45.1 Å². The molecule has 0 aromatic rings. The highest BCUT2D eigenvalue weighted by molar-refractivity contribution is 5.80. The van der Waals surface area contributed by atoms with Gasteiger partial charge in [-0.2, -0.15) is 0 Å². The van der Waals surface area contributed by atoms with Crippen molar-refractivity contribution in [3.8, 4) is 0 Å². The maximum atomic E-state index is 12.9. The minimum Gasteiger partial charge on any atom is -0.340 e. The molecule has 0 aromatic heterocycles. The Kier molecular flexibility index (Phi) is 2.87. The molecule has 4 bridgehead atoms. The Hall–Kier alpha value is -0.570. The quantitative estimate of drug-likeness (QED) is 0.782. The maximum absolute atomic E-state index is 12.9. The van der Waals surface area contributed by atoms with E-state index in [1.165, 1.54) is 32.1 Å². The highest BCUT2D eigenvalue weighted by Gasteiger charge is 2.51. The Balaban J connectivity index is 1.51. The molecule has 3 heteroatoms. The molecule has 1 amide bonds. The third-order valence-electron chi connectivity index (χ3n) is 6.19. The zero-order valence-corrected chi connectivity index (χ0v) is 12.0. The number of nitrogens with one attached hydrogen (secondary N) is 1. The second-order valence-electron chi connectivity index (χ2n) is 7.60. The van der Waals surface area contributed by atoms with Crippen LogP contribution in [0.25, 0.3) is 0 Å². The molecule has 5 aliphatic rings. The highest BCUT2D eigenvalue weighted by Crippen LogP contribution is 2.56. The van der Waals surface area contributed by atoms with Gasteiger partial charge in [-0.1, -0.05) is 0 Å². The molecular weight excluding hydrogens is 236 g/mol. The van der Waals surface area contributed by atoms with Crippen LogP contribution >= 0.6 is 0 Å². The fraction of sp³-hybridized carbons (Fsp3) is 0.938. The topological polar surface area (TPSA) is 32.3 Å². The molecule has 0 aromatic carbocycles. The number of hydrogen-bond acceptors (Lipinski definition) is 2. The molecule has 106 valence electrons. The van der Waals surface area contributed by atoms with Gasteiger partial charge in [0.25, 0.3) is 0 Å². The summed E-state index contributed by atoms with van der Waals surface area (Å²) in [6.07, 6.45) is 6.88.